The Kier molecular flexibility index (Phi) is 1.47. The predicted molar refractivity (Wildman–Crippen MR) is 51.2 cm³/mol. The first-order valence-electron chi connectivity index (χ1n) is 5.47. The zero-order valence-electron chi connectivity index (χ0n) is 8.12. The fourth-order valence-corrected chi connectivity index (χ4v) is 3.46. The maximum atomic E-state index is 11.8. The summed E-state index contributed by atoms with van der Waals surface area (Å²) in [5.41, 5.74) is 1.67. The van der Waals surface area contributed by atoms with Crippen molar-refractivity contribution in [3.8, 4) is 0 Å². The molecule has 4 unspecified atom stereocenters. The van der Waals surface area contributed by atoms with Gasteiger partial charge in [-0.25, -0.2) is 0 Å². The highest BCUT2D eigenvalue weighted by molar-refractivity contribution is 5.82. The largest absolute Gasteiger partial charge is 0.299 e. The Hall–Kier alpha value is -0.590. The van der Waals surface area contributed by atoms with Gasteiger partial charge in [-0.1, -0.05) is 18.6 Å². The standard InChI is InChI=1S/C12H16O/c1-7-2-8-4-9-5-10(6-11(8)9)12(13)3-7/h2,7,9-11H,3-6H2,1H3. The Balaban J connectivity index is 1.96. The van der Waals surface area contributed by atoms with Gasteiger partial charge in [0.15, 0.2) is 0 Å². The van der Waals surface area contributed by atoms with Crippen molar-refractivity contribution in [2.24, 2.45) is 23.7 Å². The van der Waals surface area contributed by atoms with Crippen LogP contribution in [0.15, 0.2) is 11.6 Å². The minimum Gasteiger partial charge on any atom is -0.299 e. The van der Waals surface area contributed by atoms with Crippen LogP contribution in [0.25, 0.3) is 0 Å². The zero-order valence-corrected chi connectivity index (χ0v) is 8.12. The predicted octanol–water partition coefficient (Wildman–Crippen LogP) is 2.57. The second-order valence-corrected chi connectivity index (χ2v) is 5.13. The van der Waals surface area contributed by atoms with E-state index in [0.29, 0.717) is 17.6 Å². The molecule has 4 atom stereocenters. The van der Waals surface area contributed by atoms with Gasteiger partial charge in [-0.05, 0) is 37.0 Å². The molecule has 2 bridgehead atoms. The van der Waals surface area contributed by atoms with Gasteiger partial charge in [0, 0.05) is 12.3 Å². The normalized spacial score (nSPS) is 47.8. The lowest BCUT2D eigenvalue weighted by Crippen LogP contribution is -2.24. The first-order chi connectivity index (χ1) is 6.24. The average molecular weight is 176 g/mol. The number of carbonyl (C=O) groups excluding carboxylic acids is 1. The van der Waals surface area contributed by atoms with E-state index >= 15 is 0 Å². The van der Waals surface area contributed by atoms with Gasteiger partial charge < -0.3 is 0 Å². The Bertz CT molecular complexity index is 289. The summed E-state index contributed by atoms with van der Waals surface area (Å²) in [6.45, 7) is 2.18. The molecule has 0 aromatic heterocycles. The van der Waals surface area contributed by atoms with Crippen molar-refractivity contribution in [3.63, 3.8) is 0 Å². The SMILES string of the molecule is CC1C=C2CC3CC(CC23)C(=O)C1. The topological polar surface area (TPSA) is 17.1 Å². The molecule has 0 heterocycles. The quantitative estimate of drug-likeness (QED) is 0.518. The Morgan fingerprint density at radius 2 is 2.15 bits per heavy atom. The van der Waals surface area contributed by atoms with Crippen LogP contribution >= 0.6 is 0 Å². The minimum absolute atomic E-state index is 0.434. The molecule has 2 saturated carbocycles. The van der Waals surface area contributed by atoms with Crippen molar-refractivity contribution >= 4 is 5.78 Å². The molecule has 0 aliphatic heterocycles. The fraction of sp³-hybridized carbons (Fsp3) is 0.750. The molecule has 0 saturated heterocycles. The highest BCUT2D eigenvalue weighted by atomic mass is 16.1. The average Bonchev–Trinajstić information content (AvgIpc) is 2.41. The first-order valence-corrected chi connectivity index (χ1v) is 5.47. The molecule has 13 heavy (non-hydrogen) atoms. The molecule has 0 aromatic rings. The van der Waals surface area contributed by atoms with E-state index in [2.05, 4.69) is 13.0 Å². The Morgan fingerprint density at radius 3 is 3.00 bits per heavy atom. The molecule has 2 fully saturated rings. The summed E-state index contributed by atoms with van der Waals surface area (Å²) in [5.74, 6) is 3.18. The van der Waals surface area contributed by atoms with Crippen LogP contribution in [0.1, 0.15) is 32.6 Å². The number of carbonyl (C=O) groups is 1. The van der Waals surface area contributed by atoms with Crippen molar-refractivity contribution in [3.05, 3.63) is 11.6 Å². The van der Waals surface area contributed by atoms with Crippen LogP contribution < -0.4 is 0 Å². The summed E-state index contributed by atoms with van der Waals surface area (Å²) in [5, 5.41) is 0. The Labute approximate surface area is 79.2 Å². The third-order valence-corrected chi connectivity index (χ3v) is 4.15. The van der Waals surface area contributed by atoms with Crippen molar-refractivity contribution in [1.82, 2.24) is 0 Å². The number of ketones is 1. The van der Waals surface area contributed by atoms with E-state index in [9.17, 15) is 4.79 Å². The molecule has 0 radical (unpaired) electrons. The number of hydrogen-bond acceptors (Lipinski definition) is 1. The zero-order chi connectivity index (χ0) is 9.00. The van der Waals surface area contributed by atoms with E-state index in [4.69, 9.17) is 0 Å². The number of rotatable bonds is 0. The molecule has 1 nitrogen and oxygen atoms in total. The van der Waals surface area contributed by atoms with Gasteiger partial charge in [0.25, 0.3) is 0 Å². The maximum absolute atomic E-state index is 11.8. The van der Waals surface area contributed by atoms with Gasteiger partial charge in [-0.15, -0.1) is 0 Å². The van der Waals surface area contributed by atoms with Crippen LogP contribution in [0.3, 0.4) is 0 Å². The summed E-state index contributed by atoms with van der Waals surface area (Å²) < 4.78 is 0. The second kappa shape index (κ2) is 2.46. The van der Waals surface area contributed by atoms with Gasteiger partial charge in [-0.2, -0.15) is 0 Å². The van der Waals surface area contributed by atoms with Crippen LogP contribution in [-0.4, -0.2) is 5.78 Å². The molecule has 1 heteroatoms. The maximum Gasteiger partial charge on any atom is 0.136 e. The second-order valence-electron chi connectivity index (χ2n) is 5.13. The lowest BCUT2D eigenvalue weighted by Gasteiger charge is -2.35. The summed E-state index contributed by atoms with van der Waals surface area (Å²) in [6.07, 6.45) is 6.86. The molecule has 0 aromatic carbocycles. The van der Waals surface area contributed by atoms with Crippen molar-refractivity contribution in [2.75, 3.05) is 0 Å². The minimum atomic E-state index is 0.434. The van der Waals surface area contributed by atoms with Gasteiger partial charge in [0.1, 0.15) is 5.78 Å². The van der Waals surface area contributed by atoms with Crippen LogP contribution in [0.2, 0.25) is 0 Å². The van der Waals surface area contributed by atoms with Crippen LogP contribution in [-0.2, 0) is 4.79 Å². The first kappa shape index (κ1) is 7.78. The number of Topliss-reactive ketones (excluding diaryl/α,β-unsaturated/α-hetero) is 1. The summed E-state index contributed by atoms with van der Waals surface area (Å²) in [6, 6.07) is 0. The number of hydrogen-bond donors (Lipinski definition) is 0. The highest BCUT2D eigenvalue weighted by Crippen LogP contribution is 2.54. The van der Waals surface area contributed by atoms with Crippen molar-refractivity contribution in [1.29, 1.82) is 0 Å². The van der Waals surface area contributed by atoms with E-state index in [1.807, 2.05) is 0 Å². The number of fused-ring (bicyclic) bond motifs is 1. The third-order valence-electron chi connectivity index (χ3n) is 4.15. The van der Waals surface area contributed by atoms with Gasteiger partial charge >= 0.3 is 0 Å². The van der Waals surface area contributed by atoms with Crippen LogP contribution in [0.5, 0.6) is 0 Å². The number of allylic oxidation sites excluding steroid dienone is 2. The van der Waals surface area contributed by atoms with Crippen molar-refractivity contribution in [2.45, 2.75) is 32.6 Å². The molecule has 0 N–H and O–H groups in total. The van der Waals surface area contributed by atoms with E-state index < -0.39 is 0 Å². The summed E-state index contributed by atoms with van der Waals surface area (Å²) >= 11 is 0. The monoisotopic (exact) mass is 176 g/mol. The molecule has 3 rings (SSSR count). The van der Waals surface area contributed by atoms with Gasteiger partial charge in [0.2, 0.25) is 0 Å². The van der Waals surface area contributed by atoms with Gasteiger partial charge in [-0.3, -0.25) is 4.79 Å². The lowest BCUT2D eigenvalue weighted by atomic mass is 9.70. The fourth-order valence-electron chi connectivity index (χ4n) is 3.46. The van der Waals surface area contributed by atoms with Crippen LogP contribution in [0, 0.1) is 23.7 Å². The summed E-state index contributed by atoms with van der Waals surface area (Å²) in [7, 11) is 0. The molecule has 3 aliphatic carbocycles. The molecule has 3 aliphatic rings. The summed E-state index contributed by atoms with van der Waals surface area (Å²) in [4.78, 5) is 11.8. The van der Waals surface area contributed by atoms with Crippen molar-refractivity contribution < 1.29 is 4.79 Å². The highest BCUT2D eigenvalue weighted by Gasteiger charge is 2.46. The van der Waals surface area contributed by atoms with E-state index in [1.165, 1.54) is 19.3 Å². The molecule has 0 spiro atoms. The molecule has 70 valence electrons. The lowest BCUT2D eigenvalue weighted by molar-refractivity contribution is -0.123. The van der Waals surface area contributed by atoms with E-state index in [0.717, 1.165) is 18.3 Å². The third kappa shape index (κ3) is 1.02. The van der Waals surface area contributed by atoms with Crippen LogP contribution in [0.4, 0.5) is 0 Å². The van der Waals surface area contributed by atoms with E-state index in [-0.39, 0.29) is 0 Å². The van der Waals surface area contributed by atoms with E-state index in [1.54, 1.807) is 5.57 Å². The molecular weight excluding hydrogens is 160 g/mol. The molecular formula is C12H16O. The Morgan fingerprint density at radius 1 is 1.31 bits per heavy atom. The smallest absolute Gasteiger partial charge is 0.136 e. The molecule has 0 amide bonds. The van der Waals surface area contributed by atoms with Gasteiger partial charge in [0.05, 0.1) is 0 Å².